The van der Waals surface area contributed by atoms with Gasteiger partial charge in [0.15, 0.2) is 52.8 Å². The maximum atomic E-state index is 13.9. The summed E-state index contributed by atoms with van der Waals surface area (Å²) in [6.07, 6.45) is -13.8. The largest absolute Gasteiger partial charge is 0.393 e. The number of imidazole rings is 3. The van der Waals surface area contributed by atoms with Gasteiger partial charge in [0.2, 0.25) is 5.95 Å². The lowest BCUT2D eigenvalue weighted by molar-refractivity contribution is -0.219. The monoisotopic (exact) mass is 1800 g/mol. The fourth-order valence-electron chi connectivity index (χ4n) is 15.3. The van der Waals surface area contributed by atoms with E-state index in [9.17, 15) is 44.0 Å². The number of aliphatic hydroxyl groups is 1. The van der Waals surface area contributed by atoms with Crippen molar-refractivity contribution in [3.63, 3.8) is 0 Å². The molecular weight excluding hydrogens is 1730 g/mol. The Balaban J connectivity index is 0.662. The van der Waals surface area contributed by atoms with Gasteiger partial charge in [-0.15, -0.1) is 0 Å². The summed E-state index contributed by atoms with van der Waals surface area (Å²) in [6.45, 7) is -18.4. The summed E-state index contributed by atoms with van der Waals surface area (Å²) < 4.78 is 120. The zero-order chi connectivity index (χ0) is 81.9. The van der Waals surface area contributed by atoms with Gasteiger partial charge in [0.1, 0.15) is 113 Å². The Hall–Kier alpha value is -5.50. The molecule has 8 fully saturated rings. The second-order valence-electron chi connectivity index (χ2n) is 28.0. The maximum absolute atomic E-state index is 13.9. The number of nitrogens with zero attached hydrogens (tertiary/aromatic N) is 15. The molecule has 8 saturated heterocycles. The van der Waals surface area contributed by atoms with Crippen molar-refractivity contribution < 1.29 is 113 Å². The Morgan fingerprint density at radius 2 is 0.887 bits per heavy atom. The minimum absolute atomic E-state index is 0.000876. The molecule has 8 aliphatic heterocycles. The van der Waals surface area contributed by atoms with Crippen molar-refractivity contribution in [2.75, 3.05) is 68.8 Å². The van der Waals surface area contributed by atoms with E-state index in [1.54, 1.807) is 32.3 Å². The minimum Gasteiger partial charge on any atom is -0.393 e. The molecule has 48 nitrogen and oxygen atoms in total. The molecule has 624 valence electrons. The first-order valence-corrected chi connectivity index (χ1v) is 47.6. The molecule has 8 aliphatic rings. The van der Waals surface area contributed by atoms with Crippen molar-refractivity contribution in [2.24, 2.45) is 0 Å². The molecular formula is C57H74N21O27P5S5. The number of aliphatic hydroxyl groups excluding tert-OH is 1. The molecule has 17 N–H and O–H groups in total. The average molecular weight is 1800 g/mol. The Labute approximate surface area is 671 Å². The Morgan fingerprint density at radius 3 is 1.36 bits per heavy atom. The number of anilines is 5. The van der Waals surface area contributed by atoms with Crippen molar-refractivity contribution in [1.29, 1.82) is 0 Å². The number of nitrogens with one attached hydrogen (secondary N) is 1. The van der Waals surface area contributed by atoms with Crippen LogP contribution in [0.25, 0.3) is 33.5 Å². The smallest absolute Gasteiger partial charge is 0.351 e. The van der Waals surface area contributed by atoms with Crippen LogP contribution >= 0.6 is 33.6 Å². The van der Waals surface area contributed by atoms with Crippen LogP contribution < -0.4 is 45.6 Å². The third-order valence-electron chi connectivity index (χ3n) is 21.2. The summed E-state index contributed by atoms with van der Waals surface area (Å²) in [5.74, 6) is -0.321. The number of rotatable bonds is 29. The van der Waals surface area contributed by atoms with E-state index in [-0.39, 0.29) is 69.9 Å². The number of hydrogen-bond acceptors (Lipinski definition) is 42. The predicted octanol–water partition coefficient (Wildman–Crippen LogP) is -0.704. The maximum Gasteiger partial charge on any atom is 0.351 e. The number of nitrogen functional groups attached to an aromatic ring is 5. The quantitative estimate of drug-likeness (QED) is 0.0258. The van der Waals surface area contributed by atoms with Crippen LogP contribution in [0.5, 0.6) is 0 Å². The van der Waals surface area contributed by atoms with Gasteiger partial charge in [-0.25, -0.2) is 44.5 Å². The van der Waals surface area contributed by atoms with E-state index < -0.39 is 211 Å². The highest BCUT2D eigenvalue weighted by molar-refractivity contribution is 8.08. The number of fused-ring (bicyclic) bond motifs is 9. The molecule has 16 heterocycles. The molecule has 6 bridgehead atoms. The van der Waals surface area contributed by atoms with Gasteiger partial charge in [-0.2, -0.15) is 15.0 Å². The third kappa shape index (κ3) is 15.1. The van der Waals surface area contributed by atoms with E-state index in [0.29, 0.717) is 16.8 Å². The van der Waals surface area contributed by atoms with Crippen LogP contribution in [0.15, 0.2) is 58.4 Å². The van der Waals surface area contributed by atoms with Crippen LogP contribution in [-0.4, -0.2) is 244 Å². The molecule has 0 amide bonds. The first-order chi connectivity index (χ1) is 54.3. The van der Waals surface area contributed by atoms with Crippen LogP contribution in [0.1, 0.15) is 75.9 Å². The average Bonchev–Trinajstić information content (AvgIpc) is 1.56. The van der Waals surface area contributed by atoms with Gasteiger partial charge in [-0.3, -0.25) is 46.2 Å². The zero-order valence-electron chi connectivity index (χ0n) is 60.5. The lowest BCUT2D eigenvalue weighted by atomic mass is 9.94. The molecule has 58 heteroatoms. The van der Waals surface area contributed by atoms with E-state index in [1.165, 1.54) is 60.1 Å². The molecule has 8 aromatic rings. The van der Waals surface area contributed by atoms with Crippen LogP contribution in [-0.2, 0) is 142 Å². The highest BCUT2D eigenvalue weighted by atomic mass is 32.5. The van der Waals surface area contributed by atoms with Crippen molar-refractivity contribution >= 4 is 155 Å². The standard InChI is InChI=1S/C57H74N21O27P5S5/c1-21-9-74(53(81)70-41(21)58)49-35-38(55(13-79,98-49)23(3)93-35)103-109(86,114)91-15-57-25(5)95-37(51(100-57)78-20-68-33-44(61)64-17-66-46(33)78)40(57)105-110(87,115)92-14-56-24(4)94-36(50(99-56)75-10-22(2)42(59)71-54(75)82)39(56)104-108(85,113)90-12-29-27(8-31(97-29)77-19-69-34-47(77)72-52(62)73-48(34)80)102-107(84,112)89-11-28-26(101-106(83,111)88-6)7-30(96-28)76-18-67-32-43(60)63-16-65-45(32)76/h9-10,16-20,23-31,35-40,49-51,79H,7-8,11-15H2,1-6H3,(H,83,111)(H,84,112)(H,85,113)(H,86,114)(H,87,115)(H2,58,70,81)(H2,59,71,82)(H2,60,63,65)(H2,61,64,66)(H3,62,72,73,80)/t23-,24-,25-,26+,27+,28+,29+,30+,31+,35?,36?,37?,38+,39+,40+,49+,50+,51+,55-,56-,57-,106?,107?,108?,109?,110?/m0/s1. The summed E-state index contributed by atoms with van der Waals surface area (Å²) in [4.78, 5) is 145. The Bertz CT molecular complexity index is 5630. The van der Waals surface area contributed by atoms with Gasteiger partial charge < -0.3 is 128 Å². The predicted molar refractivity (Wildman–Crippen MR) is 411 cm³/mol. The fraction of sp³-hybridized carbons (Fsp3) is 0.596. The van der Waals surface area contributed by atoms with Gasteiger partial charge in [0.05, 0.1) is 82.5 Å². The van der Waals surface area contributed by atoms with E-state index in [1.807, 2.05) is 0 Å². The number of nitrogens with two attached hydrogens (primary N) is 5. The van der Waals surface area contributed by atoms with Crippen LogP contribution in [0.2, 0.25) is 0 Å². The molecule has 26 atom stereocenters. The van der Waals surface area contributed by atoms with Gasteiger partial charge in [0.25, 0.3) is 5.56 Å². The van der Waals surface area contributed by atoms with Crippen LogP contribution in [0.4, 0.5) is 29.2 Å². The molecule has 8 unspecified atom stereocenters. The van der Waals surface area contributed by atoms with Crippen LogP contribution in [0.3, 0.4) is 0 Å². The van der Waals surface area contributed by atoms with E-state index in [2.05, 4.69) is 54.8 Å². The molecule has 115 heavy (non-hydrogen) atoms. The molecule has 0 saturated carbocycles. The number of aromatic nitrogens is 16. The number of aryl methyl sites for hydroxylation is 2. The summed E-state index contributed by atoms with van der Waals surface area (Å²) in [5.41, 5.74) is 23.6. The SMILES string of the molecule is COP(O)(=S)O[C@@H]1C[C@H](n2cnc3c(N)ncnc32)O[C@@H]1COP(O)(=S)O[C@@H]1C[C@H](n2cnc3c(=O)[nH]c(N)nc32)O[C@@H]1COP(O)(=S)O[C@@H]1C2O[C@@H](C)[C@]1(COP(O)(=S)O[C@@H]1C3O[C@@H](C)[C@]1(COP(O)(=S)O[C@@H]1C4O[C@@H](C)[C@]1(CO)O[C@H]4n1cc(C)c(N)nc1=O)O[C@H]3n1cnc3c(N)ncnc31)O[C@H]2n1cc(C)c(N)nc1=O. The van der Waals surface area contributed by atoms with E-state index in [0.717, 1.165) is 16.2 Å². The van der Waals surface area contributed by atoms with Crippen molar-refractivity contribution in [2.45, 2.75) is 175 Å². The second kappa shape index (κ2) is 30.6. The van der Waals surface area contributed by atoms with Gasteiger partial charge in [-0.1, -0.05) is 0 Å². The van der Waals surface area contributed by atoms with E-state index >= 15 is 0 Å². The lowest BCUT2D eigenvalue weighted by Gasteiger charge is -2.38. The molecule has 8 aromatic heterocycles. The summed E-state index contributed by atoms with van der Waals surface area (Å²) >= 11 is 28.2. The lowest BCUT2D eigenvalue weighted by Crippen LogP contribution is -2.52. The summed E-state index contributed by atoms with van der Waals surface area (Å²) in [7, 11) is 1.16. The normalized spacial score (nSPS) is 34.8. The molecule has 0 radical (unpaired) electrons. The Morgan fingerprint density at radius 1 is 0.496 bits per heavy atom. The molecule has 16 rings (SSSR count). The highest BCUT2D eigenvalue weighted by Gasteiger charge is 2.72. The number of ether oxygens (including phenoxy) is 8. The summed E-state index contributed by atoms with van der Waals surface area (Å²) in [6, 6.07) is 0. The first kappa shape index (κ1) is 83.2. The number of hydrogen-bond donors (Lipinski definition) is 12. The topological polar surface area (TPSA) is 638 Å². The van der Waals surface area contributed by atoms with Gasteiger partial charge in [-0.05, 0) is 93.7 Å². The number of aromatic amines is 1. The fourth-order valence-corrected chi connectivity index (χ4v) is 22.1. The summed E-state index contributed by atoms with van der Waals surface area (Å²) in [5, 5.41) is 11.0. The van der Waals surface area contributed by atoms with Crippen molar-refractivity contribution in [3.8, 4) is 0 Å². The van der Waals surface area contributed by atoms with Gasteiger partial charge >= 0.3 is 45.0 Å². The molecule has 0 aromatic carbocycles. The highest BCUT2D eigenvalue weighted by Crippen LogP contribution is 2.64. The van der Waals surface area contributed by atoms with Crippen molar-refractivity contribution in [1.82, 2.24) is 77.7 Å². The first-order valence-electron chi connectivity index (χ1n) is 34.7. The zero-order valence-corrected chi connectivity index (χ0v) is 69.1. The van der Waals surface area contributed by atoms with E-state index in [4.69, 9.17) is 171 Å². The molecule has 0 aliphatic carbocycles. The third-order valence-corrected chi connectivity index (χ3v) is 29.1. The minimum atomic E-state index is -4.84. The molecule has 0 spiro atoms. The van der Waals surface area contributed by atoms with Crippen LogP contribution in [0, 0.1) is 13.8 Å². The number of H-pyrrole nitrogens is 1. The van der Waals surface area contributed by atoms with Crippen molar-refractivity contribution in [3.05, 3.63) is 86.5 Å². The Kier molecular flexibility index (Phi) is 22.1. The second-order valence-corrected chi connectivity index (χ2v) is 42.0. The van der Waals surface area contributed by atoms with Gasteiger partial charge in [0, 0.05) is 43.5 Å².